The number of pyridine rings is 1. The zero-order valence-electron chi connectivity index (χ0n) is 11.7. The Balaban J connectivity index is 2.05. The monoisotopic (exact) mass is 282 g/mol. The molecule has 0 aliphatic carbocycles. The fourth-order valence-corrected chi connectivity index (χ4v) is 2.07. The standard InChI is InChI=1S/C15H14N4O2/c1-20-12-8-5-6-10(13(12)21-2)14-17-15(19-18-14)11-7-3-4-9-16-11/h3-9H,1-2H3,(H,17,18,19). The summed E-state index contributed by atoms with van der Waals surface area (Å²) in [4.78, 5) is 8.70. The van der Waals surface area contributed by atoms with Crippen molar-refractivity contribution in [2.75, 3.05) is 14.2 Å². The molecule has 0 radical (unpaired) electrons. The lowest BCUT2D eigenvalue weighted by atomic mass is 10.1. The van der Waals surface area contributed by atoms with E-state index < -0.39 is 0 Å². The summed E-state index contributed by atoms with van der Waals surface area (Å²) in [5, 5.41) is 7.11. The Morgan fingerprint density at radius 3 is 2.62 bits per heavy atom. The summed E-state index contributed by atoms with van der Waals surface area (Å²) in [5.74, 6) is 2.40. The van der Waals surface area contributed by atoms with Gasteiger partial charge in [-0.1, -0.05) is 12.1 Å². The molecular formula is C15H14N4O2. The molecule has 0 aliphatic heterocycles. The molecule has 0 fully saturated rings. The molecule has 0 saturated heterocycles. The second-order valence-corrected chi connectivity index (χ2v) is 4.26. The molecular weight excluding hydrogens is 268 g/mol. The van der Waals surface area contributed by atoms with Gasteiger partial charge in [0.25, 0.3) is 0 Å². The van der Waals surface area contributed by atoms with Crippen molar-refractivity contribution in [3.8, 4) is 34.4 Å². The number of hydrogen-bond donors (Lipinski definition) is 1. The Hall–Kier alpha value is -2.89. The van der Waals surface area contributed by atoms with Gasteiger partial charge >= 0.3 is 0 Å². The van der Waals surface area contributed by atoms with E-state index in [1.54, 1.807) is 20.4 Å². The Morgan fingerprint density at radius 2 is 1.90 bits per heavy atom. The molecule has 0 saturated carbocycles. The predicted octanol–water partition coefficient (Wildman–Crippen LogP) is 2.55. The molecule has 0 unspecified atom stereocenters. The van der Waals surface area contributed by atoms with Crippen LogP contribution in [0.1, 0.15) is 0 Å². The minimum absolute atomic E-state index is 0.537. The highest BCUT2D eigenvalue weighted by molar-refractivity contribution is 5.69. The van der Waals surface area contributed by atoms with Crippen LogP contribution < -0.4 is 9.47 Å². The third-order valence-corrected chi connectivity index (χ3v) is 3.04. The van der Waals surface area contributed by atoms with Crippen LogP contribution in [-0.2, 0) is 0 Å². The highest BCUT2D eigenvalue weighted by atomic mass is 16.5. The maximum absolute atomic E-state index is 5.41. The summed E-state index contributed by atoms with van der Waals surface area (Å²) in [6.45, 7) is 0. The Kier molecular flexibility index (Phi) is 3.51. The number of rotatable bonds is 4. The van der Waals surface area contributed by atoms with Crippen molar-refractivity contribution < 1.29 is 9.47 Å². The average molecular weight is 282 g/mol. The third-order valence-electron chi connectivity index (χ3n) is 3.04. The van der Waals surface area contributed by atoms with Gasteiger partial charge in [-0.3, -0.25) is 10.1 Å². The lowest BCUT2D eigenvalue weighted by Crippen LogP contribution is -1.94. The quantitative estimate of drug-likeness (QED) is 0.796. The number of ether oxygens (including phenoxy) is 2. The van der Waals surface area contributed by atoms with E-state index in [9.17, 15) is 0 Å². The van der Waals surface area contributed by atoms with Crippen LogP contribution in [0.2, 0.25) is 0 Å². The Labute approximate surface area is 121 Å². The van der Waals surface area contributed by atoms with Gasteiger partial charge in [-0.25, -0.2) is 4.98 Å². The second-order valence-electron chi connectivity index (χ2n) is 4.26. The van der Waals surface area contributed by atoms with Crippen LogP contribution in [0.4, 0.5) is 0 Å². The van der Waals surface area contributed by atoms with Crippen molar-refractivity contribution >= 4 is 0 Å². The zero-order valence-corrected chi connectivity index (χ0v) is 11.7. The Morgan fingerprint density at radius 1 is 1.00 bits per heavy atom. The van der Waals surface area contributed by atoms with Gasteiger partial charge in [-0.05, 0) is 24.3 Å². The molecule has 2 aromatic heterocycles. The van der Waals surface area contributed by atoms with Crippen molar-refractivity contribution in [3.05, 3.63) is 42.6 Å². The number of H-pyrrole nitrogens is 1. The summed E-state index contributed by atoms with van der Waals surface area (Å²) in [6, 6.07) is 11.2. The normalized spacial score (nSPS) is 10.4. The minimum Gasteiger partial charge on any atom is -0.493 e. The highest BCUT2D eigenvalue weighted by Gasteiger charge is 2.15. The van der Waals surface area contributed by atoms with E-state index in [1.165, 1.54) is 0 Å². The maximum Gasteiger partial charge on any atom is 0.200 e. The maximum atomic E-state index is 5.41. The topological polar surface area (TPSA) is 72.9 Å². The van der Waals surface area contributed by atoms with E-state index in [1.807, 2.05) is 36.4 Å². The molecule has 1 N–H and O–H groups in total. The molecule has 106 valence electrons. The van der Waals surface area contributed by atoms with Crippen molar-refractivity contribution in [1.82, 2.24) is 20.2 Å². The van der Waals surface area contributed by atoms with Gasteiger partial charge in [0.2, 0.25) is 0 Å². The first kappa shape index (κ1) is 13.1. The van der Waals surface area contributed by atoms with Gasteiger partial charge in [0, 0.05) is 6.20 Å². The fourth-order valence-electron chi connectivity index (χ4n) is 2.07. The molecule has 6 heteroatoms. The average Bonchev–Trinajstić information content (AvgIpc) is 3.04. The number of hydrogen-bond acceptors (Lipinski definition) is 5. The highest BCUT2D eigenvalue weighted by Crippen LogP contribution is 2.36. The molecule has 3 rings (SSSR count). The zero-order chi connectivity index (χ0) is 14.7. The van der Waals surface area contributed by atoms with Crippen LogP contribution in [0.3, 0.4) is 0 Å². The summed E-state index contributed by atoms with van der Waals surface area (Å²) >= 11 is 0. The molecule has 0 spiro atoms. The van der Waals surface area contributed by atoms with Gasteiger partial charge in [-0.2, -0.15) is 5.10 Å². The number of aromatic nitrogens is 4. The smallest absolute Gasteiger partial charge is 0.200 e. The molecule has 3 aromatic rings. The number of para-hydroxylation sites is 1. The second kappa shape index (κ2) is 5.62. The molecule has 6 nitrogen and oxygen atoms in total. The summed E-state index contributed by atoms with van der Waals surface area (Å²) in [6.07, 6.45) is 1.71. The molecule has 21 heavy (non-hydrogen) atoms. The molecule has 1 aromatic carbocycles. The largest absolute Gasteiger partial charge is 0.493 e. The van der Waals surface area contributed by atoms with Crippen LogP contribution in [-0.4, -0.2) is 34.4 Å². The van der Waals surface area contributed by atoms with Crippen LogP contribution in [0.15, 0.2) is 42.6 Å². The lowest BCUT2D eigenvalue weighted by Gasteiger charge is -2.10. The summed E-state index contributed by atoms with van der Waals surface area (Å²) < 4.78 is 10.7. The van der Waals surface area contributed by atoms with E-state index in [0.29, 0.717) is 28.8 Å². The van der Waals surface area contributed by atoms with Crippen molar-refractivity contribution in [2.24, 2.45) is 0 Å². The van der Waals surface area contributed by atoms with Crippen LogP contribution in [0.25, 0.3) is 22.9 Å². The van der Waals surface area contributed by atoms with Gasteiger partial charge in [0.15, 0.2) is 23.1 Å². The number of nitrogens with zero attached hydrogens (tertiary/aromatic N) is 3. The first-order valence-electron chi connectivity index (χ1n) is 6.38. The van der Waals surface area contributed by atoms with Gasteiger partial charge in [-0.15, -0.1) is 0 Å². The van der Waals surface area contributed by atoms with Crippen molar-refractivity contribution in [1.29, 1.82) is 0 Å². The predicted molar refractivity (Wildman–Crippen MR) is 78.2 cm³/mol. The first-order chi connectivity index (χ1) is 10.3. The fraction of sp³-hybridized carbons (Fsp3) is 0.133. The van der Waals surface area contributed by atoms with Crippen LogP contribution in [0.5, 0.6) is 11.5 Å². The molecule has 0 amide bonds. The minimum atomic E-state index is 0.537. The summed E-state index contributed by atoms with van der Waals surface area (Å²) in [5.41, 5.74) is 1.49. The summed E-state index contributed by atoms with van der Waals surface area (Å²) in [7, 11) is 3.19. The van der Waals surface area contributed by atoms with E-state index in [4.69, 9.17) is 9.47 Å². The van der Waals surface area contributed by atoms with E-state index in [0.717, 1.165) is 5.56 Å². The van der Waals surface area contributed by atoms with Gasteiger partial charge in [0.05, 0.1) is 19.8 Å². The Bertz CT molecular complexity index is 740. The molecule has 0 atom stereocenters. The molecule has 0 bridgehead atoms. The van der Waals surface area contributed by atoms with E-state index in [2.05, 4.69) is 20.2 Å². The lowest BCUT2D eigenvalue weighted by molar-refractivity contribution is 0.356. The number of aromatic amines is 1. The van der Waals surface area contributed by atoms with Crippen molar-refractivity contribution in [3.63, 3.8) is 0 Å². The molecule has 2 heterocycles. The van der Waals surface area contributed by atoms with Crippen LogP contribution >= 0.6 is 0 Å². The van der Waals surface area contributed by atoms with Crippen molar-refractivity contribution in [2.45, 2.75) is 0 Å². The number of methoxy groups -OCH3 is 2. The van der Waals surface area contributed by atoms with E-state index >= 15 is 0 Å². The van der Waals surface area contributed by atoms with Gasteiger partial charge < -0.3 is 9.47 Å². The molecule has 0 aliphatic rings. The van der Waals surface area contributed by atoms with Crippen LogP contribution in [0, 0.1) is 0 Å². The SMILES string of the molecule is COc1cccc(-c2nc(-c3ccccn3)n[nH]2)c1OC. The number of benzene rings is 1. The third kappa shape index (κ3) is 2.43. The van der Waals surface area contributed by atoms with Gasteiger partial charge in [0.1, 0.15) is 5.69 Å². The first-order valence-corrected chi connectivity index (χ1v) is 6.38. The van der Waals surface area contributed by atoms with E-state index in [-0.39, 0.29) is 0 Å². The number of nitrogens with one attached hydrogen (secondary N) is 1.